The summed E-state index contributed by atoms with van der Waals surface area (Å²) in [7, 11) is 0. The molecule has 178 valence electrons. The molecule has 1 fully saturated rings. The van der Waals surface area contributed by atoms with Crippen molar-refractivity contribution < 1.29 is 9.53 Å². The van der Waals surface area contributed by atoms with Crippen molar-refractivity contribution in [1.29, 1.82) is 0 Å². The number of ether oxygens (including phenoxy) is 1. The molecule has 0 aliphatic carbocycles. The van der Waals surface area contributed by atoms with E-state index in [0.717, 1.165) is 25.2 Å². The van der Waals surface area contributed by atoms with Crippen molar-refractivity contribution in [1.82, 2.24) is 20.2 Å². The van der Waals surface area contributed by atoms with E-state index in [4.69, 9.17) is 33.7 Å². The second-order valence-corrected chi connectivity index (χ2v) is 9.04. The number of likely N-dealkylation sites (tertiary alicyclic amines) is 1. The summed E-state index contributed by atoms with van der Waals surface area (Å²) in [6, 6.07) is 12.5. The van der Waals surface area contributed by atoms with Crippen LogP contribution in [0.4, 0.5) is 5.82 Å². The van der Waals surface area contributed by atoms with E-state index in [1.165, 1.54) is 12.8 Å². The van der Waals surface area contributed by atoms with Crippen LogP contribution in [0.15, 0.2) is 48.7 Å². The maximum absolute atomic E-state index is 12.7. The van der Waals surface area contributed by atoms with E-state index in [2.05, 4.69) is 20.2 Å². The number of carbonyl (C=O) groups excluding carboxylic acids is 1. The predicted molar refractivity (Wildman–Crippen MR) is 135 cm³/mol. The number of aromatic nitrogens is 2. The van der Waals surface area contributed by atoms with Crippen molar-refractivity contribution in [3.05, 3.63) is 69.8 Å². The molecule has 7 nitrogen and oxygen atoms in total. The molecule has 1 saturated heterocycles. The Hall–Kier alpha value is -2.87. The second-order valence-electron chi connectivity index (χ2n) is 8.23. The minimum atomic E-state index is -0.499. The average Bonchev–Trinajstić information content (AvgIpc) is 3.34. The molecule has 0 bridgehead atoms. The van der Waals surface area contributed by atoms with Gasteiger partial charge in [-0.2, -0.15) is 0 Å². The van der Waals surface area contributed by atoms with Gasteiger partial charge in [-0.05, 0) is 57.1 Å². The zero-order valence-corrected chi connectivity index (χ0v) is 20.4. The van der Waals surface area contributed by atoms with Crippen LogP contribution < -0.4 is 15.8 Å². The first-order valence-electron chi connectivity index (χ1n) is 11.3. The molecule has 34 heavy (non-hydrogen) atoms. The third-order valence-electron chi connectivity index (χ3n) is 5.79. The highest BCUT2D eigenvalue weighted by atomic mass is 35.5. The van der Waals surface area contributed by atoms with E-state index in [9.17, 15) is 4.79 Å². The molecule has 1 aliphatic heterocycles. The number of nitrogens with zero attached hydrogens (tertiary/aromatic N) is 3. The molecule has 1 unspecified atom stereocenters. The highest BCUT2D eigenvalue weighted by molar-refractivity contribution is 6.36. The molecule has 3 aromatic rings. The van der Waals surface area contributed by atoms with Crippen molar-refractivity contribution in [2.24, 2.45) is 0 Å². The summed E-state index contributed by atoms with van der Waals surface area (Å²) in [5.41, 5.74) is 8.48. The molecule has 2 heterocycles. The van der Waals surface area contributed by atoms with E-state index in [1.807, 2.05) is 19.1 Å². The number of amides is 1. The average molecular weight is 500 g/mol. The van der Waals surface area contributed by atoms with Gasteiger partial charge < -0.3 is 20.7 Å². The van der Waals surface area contributed by atoms with Crippen LogP contribution >= 0.6 is 23.2 Å². The Morgan fingerprint density at radius 3 is 2.62 bits per heavy atom. The molecule has 1 amide bonds. The lowest BCUT2D eigenvalue weighted by Gasteiger charge is -2.18. The topological polar surface area (TPSA) is 93.4 Å². The van der Waals surface area contributed by atoms with Crippen LogP contribution in [0.5, 0.6) is 5.88 Å². The largest absolute Gasteiger partial charge is 0.467 e. The fourth-order valence-corrected chi connectivity index (χ4v) is 4.69. The first kappa shape index (κ1) is 24.3. The number of anilines is 1. The maximum atomic E-state index is 12.7. The summed E-state index contributed by atoms with van der Waals surface area (Å²) in [6.07, 6.45) is 3.52. The van der Waals surface area contributed by atoms with E-state index in [1.54, 1.807) is 36.5 Å². The van der Waals surface area contributed by atoms with Crippen molar-refractivity contribution >= 4 is 34.9 Å². The number of rotatable bonds is 8. The van der Waals surface area contributed by atoms with Crippen LogP contribution in [0.3, 0.4) is 0 Å². The van der Waals surface area contributed by atoms with Crippen molar-refractivity contribution in [3.63, 3.8) is 0 Å². The predicted octanol–water partition coefficient (Wildman–Crippen LogP) is 5.00. The first-order chi connectivity index (χ1) is 16.4. The molecule has 0 radical (unpaired) electrons. The number of nitrogens with one attached hydrogen (secondary N) is 1. The Balaban J connectivity index is 1.48. The van der Waals surface area contributed by atoms with Gasteiger partial charge in [0.2, 0.25) is 0 Å². The van der Waals surface area contributed by atoms with Gasteiger partial charge in [-0.1, -0.05) is 41.4 Å². The van der Waals surface area contributed by atoms with E-state index in [0.29, 0.717) is 33.4 Å². The van der Waals surface area contributed by atoms with Crippen LogP contribution in [0.1, 0.15) is 41.8 Å². The fourth-order valence-electron chi connectivity index (χ4n) is 3.99. The van der Waals surface area contributed by atoms with E-state index >= 15 is 0 Å². The molecule has 0 saturated carbocycles. The quantitative estimate of drug-likeness (QED) is 0.452. The zero-order chi connectivity index (χ0) is 24.1. The van der Waals surface area contributed by atoms with Gasteiger partial charge in [-0.25, -0.2) is 9.97 Å². The summed E-state index contributed by atoms with van der Waals surface area (Å²) < 4.78 is 5.98. The molecule has 1 aromatic heterocycles. The molecular weight excluding hydrogens is 473 g/mol. The van der Waals surface area contributed by atoms with Crippen LogP contribution in [0.25, 0.3) is 11.3 Å². The summed E-state index contributed by atoms with van der Waals surface area (Å²) in [5.74, 6) is 0.193. The minimum Gasteiger partial charge on any atom is -0.467 e. The maximum Gasteiger partial charge on any atom is 0.258 e. The molecule has 4 rings (SSSR count). The number of hydrogen-bond acceptors (Lipinski definition) is 6. The minimum absolute atomic E-state index is 0.122. The Kier molecular flexibility index (Phi) is 7.88. The highest BCUT2D eigenvalue weighted by Gasteiger charge is 2.19. The first-order valence-corrected chi connectivity index (χ1v) is 12.0. The van der Waals surface area contributed by atoms with Crippen LogP contribution in [0.2, 0.25) is 10.0 Å². The van der Waals surface area contributed by atoms with E-state index < -0.39 is 6.10 Å². The zero-order valence-electron chi connectivity index (χ0n) is 18.9. The Bertz CT molecular complexity index is 1150. The van der Waals surface area contributed by atoms with Gasteiger partial charge >= 0.3 is 0 Å². The second kappa shape index (κ2) is 11.0. The number of halogens is 2. The van der Waals surface area contributed by atoms with Crippen molar-refractivity contribution in [3.8, 4) is 17.1 Å². The molecule has 9 heteroatoms. The molecule has 0 spiro atoms. The molecule has 3 N–H and O–H groups in total. The summed E-state index contributed by atoms with van der Waals surface area (Å²) in [4.78, 5) is 23.8. The lowest BCUT2D eigenvalue weighted by Crippen LogP contribution is -2.33. The summed E-state index contributed by atoms with van der Waals surface area (Å²) in [5, 5.41) is 3.98. The summed E-state index contributed by atoms with van der Waals surface area (Å²) >= 11 is 12.6. The van der Waals surface area contributed by atoms with Crippen LogP contribution in [0, 0.1) is 0 Å². The number of nitrogens with two attached hydrogens (primary N) is 1. The van der Waals surface area contributed by atoms with Crippen LogP contribution in [-0.2, 0) is 0 Å². The smallest absolute Gasteiger partial charge is 0.258 e. The van der Waals surface area contributed by atoms with Gasteiger partial charge in [-0.15, -0.1) is 0 Å². The lowest BCUT2D eigenvalue weighted by molar-refractivity contribution is 0.0950. The number of benzene rings is 2. The van der Waals surface area contributed by atoms with Gasteiger partial charge in [0.05, 0.1) is 11.9 Å². The number of hydrogen-bond donors (Lipinski definition) is 2. The molecule has 2 aromatic carbocycles. The lowest BCUT2D eigenvalue weighted by atomic mass is 10.1. The standard InChI is InChI=1S/C25H27Cl2N5O2/c1-16(22-19(26)8-5-9-20(22)27)34-25-23(28)30-15-21(31-25)17-6-4-7-18(14-17)24(33)29-10-13-32-11-2-3-12-32/h4-9,14-16H,2-3,10-13H2,1H3,(H2,28,30)(H,29,33). The van der Waals surface area contributed by atoms with Gasteiger partial charge in [0.1, 0.15) is 6.10 Å². The summed E-state index contributed by atoms with van der Waals surface area (Å²) in [6.45, 7) is 5.50. The fraction of sp³-hybridized carbons (Fsp3) is 0.320. The SMILES string of the molecule is CC(Oc1nc(-c2cccc(C(=O)NCCN3CCCC3)c2)cnc1N)c1c(Cl)cccc1Cl. The number of nitrogen functional groups attached to an aromatic ring is 1. The Labute approximate surface area is 209 Å². The number of carbonyl (C=O) groups is 1. The Morgan fingerprint density at radius 1 is 1.18 bits per heavy atom. The van der Waals surface area contributed by atoms with Crippen LogP contribution in [-0.4, -0.2) is 47.0 Å². The van der Waals surface area contributed by atoms with Crippen molar-refractivity contribution in [2.75, 3.05) is 31.9 Å². The normalized spacial score (nSPS) is 14.7. The van der Waals surface area contributed by atoms with Gasteiger partial charge in [0.15, 0.2) is 5.82 Å². The van der Waals surface area contributed by atoms with E-state index in [-0.39, 0.29) is 17.6 Å². The molecule has 1 aliphatic rings. The third-order valence-corrected chi connectivity index (χ3v) is 6.45. The van der Waals surface area contributed by atoms with Gasteiger partial charge in [-0.3, -0.25) is 4.79 Å². The highest BCUT2D eigenvalue weighted by Crippen LogP contribution is 2.34. The molecular formula is C25H27Cl2N5O2. The monoisotopic (exact) mass is 499 g/mol. The van der Waals surface area contributed by atoms with Gasteiger partial charge in [0.25, 0.3) is 11.8 Å². The third kappa shape index (κ3) is 5.78. The van der Waals surface area contributed by atoms with Crippen molar-refractivity contribution in [2.45, 2.75) is 25.9 Å². The molecule has 1 atom stereocenters. The van der Waals surface area contributed by atoms with Gasteiger partial charge in [0, 0.05) is 39.8 Å². The Morgan fingerprint density at radius 2 is 1.88 bits per heavy atom.